The maximum atomic E-state index is 13.0. The van der Waals surface area contributed by atoms with Crippen LogP contribution in [0.5, 0.6) is 0 Å². The Labute approximate surface area is 148 Å². The molecule has 2 atom stereocenters. The number of halogens is 1. The molecule has 0 aromatic heterocycles. The molecule has 0 unspecified atom stereocenters. The van der Waals surface area contributed by atoms with Gasteiger partial charge in [0, 0.05) is 24.2 Å². The van der Waals surface area contributed by atoms with Crippen LogP contribution in [0.2, 0.25) is 5.02 Å². The second-order valence-electron chi connectivity index (χ2n) is 6.29. The smallest absolute Gasteiger partial charge is 0.244 e. The van der Waals surface area contributed by atoms with Crippen LogP contribution in [0.15, 0.2) is 54.6 Å². The number of hydrogen-bond acceptors (Lipinski definition) is 2. The molecular formula is C20H23ClN2O. The molecule has 0 spiro atoms. The fourth-order valence-electron chi connectivity index (χ4n) is 3.24. The first-order chi connectivity index (χ1) is 11.7. The van der Waals surface area contributed by atoms with Crippen molar-refractivity contribution in [1.29, 1.82) is 0 Å². The maximum absolute atomic E-state index is 13.0. The molecule has 2 aromatic rings. The van der Waals surface area contributed by atoms with Gasteiger partial charge in [0.15, 0.2) is 0 Å². The highest BCUT2D eigenvalue weighted by Gasteiger charge is 2.29. The van der Waals surface area contributed by atoms with E-state index in [1.807, 2.05) is 59.5 Å². The monoisotopic (exact) mass is 342 g/mol. The minimum atomic E-state index is -0.351. The standard InChI is InChI=1S/C20H23ClN2O/c1-15(17-11-5-6-12-18(17)21)22-19(16-9-3-2-4-10-16)20(24)23-13-7-8-14-23/h2-6,9-12,15,19,22H,7-8,13-14H2,1H3/t15-,19+/m1/s1. The fraction of sp³-hybridized carbons (Fsp3) is 0.350. The van der Waals surface area contributed by atoms with Gasteiger partial charge >= 0.3 is 0 Å². The van der Waals surface area contributed by atoms with Gasteiger partial charge in [0.2, 0.25) is 5.91 Å². The molecule has 24 heavy (non-hydrogen) atoms. The molecule has 0 saturated carbocycles. The molecule has 1 aliphatic heterocycles. The minimum Gasteiger partial charge on any atom is -0.341 e. The minimum absolute atomic E-state index is 0.0181. The third kappa shape index (κ3) is 3.80. The Morgan fingerprint density at radius 3 is 2.33 bits per heavy atom. The molecule has 0 radical (unpaired) electrons. The van der Waals surface area contributed by atoms with Crippen LogP contribution in [0, 0.1) is 0 Å². The fourth-order valence-corrected chi connectivity index (χ4v) is 3.54. The average molecular weight is 343 g/mol. The topological polar surface area (TPSA) is 32.3 Å². The molecule has 3 rings (SSSR count). The van der Waals surface area contributed by atoms with Gasteiger partial charge in [0.25, 0.3) is 0 Å². The summed E-state index contributed by atoms with van der Waals surface area (Å²) in [5, 5.41) is 4.21. The number of rotatable bonds is 5. The van der Waals surface area contributed by atoms with Crippen LogP contribution in [0.4, 0.5) is 0 Å². The molecular weight excluding hydrogens is 320 g/mol. The Morgan fingerprint density at radius 1 is 1.04 bits per heavy atom. The largest absolute Gasteiger partial charge is 0.341 e. The summed E-state index contributed by atoms with van der Waals surface area (Å²) in [7, 11) is 0. The van der Waals surface area contributed by atoms with Crippen LogP contribution in [0.1, 0.15) is 43.0 Å². The average Bonchev–Trinajstić information content (AvgIpc) is 3.15. The molecule has 2 aromatic carbocycles. The highest BCUT2D eigenvalue weighted by Crippen LogP contribution is 2.27. The molecule has 0 bridgehead atoms. The van der Waals surface area contributed by atoms with E-state index in [0.717, 1.165) is 42.1 Å². The zero-order valence-electron chi connectivity index (χ0n) is 13.9. The molecule has 1 amide bonds. The summed E-state index contributed by atoms with van der Waals surface area (Å²) in [6.45, 7) is 3.75. The third-order valence-electron chi connectivity index (χ3n) is 4.59. The first-order valence-electron chi connectivity index (χ1n) is 8.51. The third-order valence-corrected chi connectivity index (χ3v) is 4.93. The van der Waals surface area contributed by atoms with E-state index in [1.165, 1.54) is 0 Å². The first kappa shape index (κ1) is 17.0. The predicted octanol–water partition coefficient (Wildman–Crippen LogP) is 4.35. The Balaban J connectivity index is 1.84. The van der Waals surface area contributed by atoms with E-state index < -0.39 is 0 Å². The summed E-state index contributed by atoms with van der Waals surface area (Å²) in [5.74, 6) is 0.151. The number of amides is 1. The molecule has 1 aliphatic rings. The van der Waals surface area contributed by atoms with Crippen molar-refractivity contribution >= 4 is 17.5 Å². The van der Waals surface area contributed by atoms with Crippen molar-refractivity contribution < 1.29 is 4.79 Å². The van der Waals surface area contributed by atoms with Gasteiger partial charge in [-0.25, -0.2) is 0 Å². The summed E-state index contributed by atoms with van der Waals surface area (Å²) in [5.41, 5.74) is 2.00. The van der Waals surface area contributed by atoms with E-state index in [0.29, 0.717) is 0 Å². The van der Waals surface area contributed by atoms with E-state index in [1.54, 1.807) is 0 Å². The van der Waals surface area contributed by atoms with Crippen LogP contribution in [-0.4, -0.2) is 23.9 Å². The number of benzene rings is 2. The lowest BCUT2D eigenvalue weighted by atomic mass is 10.0. The van der Waals surface area contributed by atoms with Gasteiger partial charge in [-0.1, -0.05) is 60.1 Å². The van der Waals surface area contributed by atoms with Crippen molar-refractivity contribution in [2.75, 3.05) is 13.1 Å². The molecule has 1 heterocycles. The summed E-state index contributed by atoms with van der Waals surface area (Å²) < 4.78 is 0. The molecule has 1 saturated heterocycles. The van der Waals surface area contributed by atoms with Gasteiger partial charge in [-0.05, 0) is 37.0 Å². The van der Waals surface area contributed by atoms with Gasteiger partial charge in [0.1, 0.15) is 6.04 Å². The Kier molecular flexibility index (Phi) is 5.54. The highest BCUT2D eigenvalue weighted by atomic mass is 35.5. The van der Waals surface area contributed by atoms with Crippen LogP contribution in [0.3, 0.4) is 0 Å². The van der Waals surface area contributed by atoms with Crippen molar-refractivity contribution in [3.8, 4) is 0 Å². The number of likely N-dealkylation sites (tertiary alicyclic amines) is 1. The van der Waals surface area contributed by atoms with Crippen molar-refractivity contribution in [1.82, 2.24) is 10.2 Å². The second kappa shape index (κ2) is 7.82. The number of hydrogen-bond donors (Lipinski definition) is 1. The SMILES string of the molecule is C[C@@H](N[C@H](C(=O)N1CCCC1)c1ccccc1)c1ccccc1Cl. The van der Waals surface area contributed by atoms with Crippen molar-refractivity contribution in [2.24, 2.45) is 0 Å². The summed E-state index contributed by atoms with van der Waals surface area (Å²) >= 11 is 6.32. The highest BCUT2D eigenvalue weighted by molar-refractivity contribution is 6.31. The van der Waals surface area contributed by atoms with Crippen molar-refractivity contribution in [2.45, 2.75) is 31.8 Å². The van der Waals surface area contributed by atoms with Crippen LogP contribution in [0.25, 0.3) is 0 Å². The lowest BCUT2D eigenvalue weighted by Gasteiger charge is -2.27. The Bertz CT molecular complexity index is 683. The van der Waals surface area contributed by atoms with Crippen molar-refractivity contribution in [3.05, 3.63) is 70.7 Å². The predicted molar refractivity (Wildman–Crippen MR) is 98.0 cm³/mol. The zero-order valence-corrected chi connectivity index (χ0v) is 14.7. The van der Waals surface area contributed by atoms with Crippen LogP contribution in [-0.2, 0) is 4.79 Å². The second-order valence-corrected chi connectivity index (χ2v) is 6.69. The quantitative estimate of drug-likeness (QED) is 0.875. The van der Waals surface area contributed by atoms with Gasteiger partial charge in [-0.2, -0.15) is 0 Å². The number of nitrogens with zero attached hydrogens (tertiary/aromatic N) is 1. The van der Waals surface area contributed by atoms with Gasteiger partial charge in [-0.15, -0.1) is 0 Å². The lowest BCUT2D eigenvalue weighted by Crippen LogP contribution is -2.40. The van der Waals surface area contributed by atoms with E-state index in [4.69, 9.17) is 11.6 Å². The normalized spacial score (nSPS) is 16.8. The number of carbonyl (C=O) groups excluding carboxylic acids is 1. The summed E-state index contributed by atoms with van der Waals surface area (Å²) in [6.07, 6.45) is 2.18. The summed E-state index contributed by atoms with van der Waals surface area (Å²) in [6, 6.07) is 17.3. The van der Waals surface area contributed by atoms with E-state index in [9.17, 15) is 4.79 Å². The van der Waals surface area contributed by atoms with Crippen LogP contribution < -0.4 is 5.32 Å². The van der Waals surface area contributed by atoms with Crippen LogP contribution >= 0.6 is 11.6 Å². The van der Waals surface area contributed by atoms with Gasteiger partial charge in [0.05, 0.1) is 0 Å². The zero-order chi connectivity index (χ0) is 16.9. The van der Waals surface area contributed by atoms with Crippen molar-refractivity contribution in [3.63, 3.8) is 0 Å². The maximum Gasteiger partial charge on any atom is 0.244 e. The Hall–Kier alpha value is -1.84. The van der Waals surface area contributed by atoms with Gasteiger partial charge < -0.3 is 4.90 Å². The van der Waals surface area contributed by atoms with E-state index in [2.05, 4.69) is 12.2 Å². The molecule has 0 aliphatic carbocycles. The molecule has 1 fully saturated rings. The number of nitrogens with one attached hydrogen (secondary N) is 1. The van der Waals surface area contributed by atoms with Gasteiger partial charge in [-0.3, -0.25) is 10.1 Å². The lowest BCUT2D eigenvalue weighted by molar-refractivity contribution is -0.132. The Morgan fingerprint density at radius 2 is 1.67 bits per heavy atom. The molecule has 1 N–H and O–H groups in total. The summed E-state index contributed by atoms with van der Waals surface area (Å²) in [4.78, 5) is 15.0. The van der Waals surface area contributed by atoms with E-state index in [-0.39, 0.29) is 18.0 Å². The van der Waals surface area contributed by atoms with E-state index >= 15 is 0 Å². The molecule has 4 heteroatoms. The number of carbonyl (C=O) groups is 1. The molecule has 3 nitrogen and oxygen atoms in total. The molecule has 126 valence electrons. The first-order valence-corrected chi connectivity index (χ1v) is 8.89.